The van der Waals surface area contributed by atoms with Gasteiger partial charge in [0.25, 0.3) is 0 Å². The van der Waals surface area contributed by atoms with Gasteiger partial charge < -0.3 is 10.3 Å². The maximum absolute atomic E-state index is 13.2. The third-order valence-corrected chi connectivity index (χ3v) is 6.03. The molecule has 0 aliphatic rings. The fourth-order valence-corrected chi connectivity index (χ4v) is 3.71. The molecule has 0 atom stereocenters. The molecule has 0 amide bonds. The number of halogens is 3. The van der Waals surface area contributed by atoms with E-state index < -0.39 is 21.7 Å². The van der Waals surface area contributed by atoms with Crippen LogP contribution in [0.15, 0.2) is 41.8 Å². The Balaban J connectivity index is 2.38. The van der Waals surface area contributed by atoms with Crippen LogP contribution in [0.5, 0.6) is 0 Å². The fourth-order valence-electron chi connectivity index (χ4n) is 2.69. The molecule has 0 radical (unpaired) electrons. The first kappa shape index (κ1) is 23.1. The van der Waals surface area contributed by atoms with Crippen molar-refractivity contribution < 1.29 is 21.6 Å². The zero-order chi connectivity index (χ0) is 23.7. The van der Waals surface area contributed by atoms with Gasteiger partial charge >= 0.3 is 6.18 Å². The summed E-state index contributed by atoms with van der Waals surface area (Å²) >= 11 is 0. The van der Waals surface area contributed by atoms with E-state index in [-0.39, 0.29) is 39.6 Å². The third-order valence-electron chi connectivity index (χ3n) is 4.27. The second-order valence-electron chi connectivity index (χ2n) is 6.61. The molecule has 0 saturated heterocycles. The molecule has 10 nitrogen and oxygen atoms in total. The monoisotopic (exact) mass is 468 g/mol. The molecule has 14 heteroatoms. The third kappa shape index (κ3) is 4.85. The predicted octanol–water partition coefficient (Wildman–Crippen LogP) is 2.29. The summed E-state index contributed by atoms with van der Waals surface area (Å²) in [5.41, 5.74) is 4.27. The van der Waals surface area contributed by atoms with E-state index in [1.54, 1.807) is 0 Å². The van der Waals surface area contributed by atoms with Crippen LogP contribution in [0, 0.1) is 6.92 Å². The van der Waals surface area contributed by atoms with Crippen molar-refractivity contribution in [1.29, 1.82) is 0 Å². The van der Waals surface area contributed by atoms with Gasteiger partial charge in [-0.1, -0.05) is 6.92 Å². The van der Waals surface area contributed by atoms with Crippen molar-refractivity contribution in [2.45, 2.75) is 24.9 Å². The molecule has 0 unspecified atom stereocenters. The summed E-state index contributed by atoms with van der Waals surface area (Å²) in [6.07, 6.45) is -1.23. The van der Waals surface area contributed by atoms with Crippen LogP contribution in [0.2, 0.25) is 0 Å². The van der Waals surface area contributed by atoms with Crippen LogP contribution in [0.4, 0.5) is 19.1 Å². The highest BCUT2D eigenvalue weighted by Gasteiger charge is 2.32. The maximum atomic E-state index is 13.2. The summed E-state index contributed by atoms with van der Waals surface area (Å²) in [5.74, 6) is -0.0574. The van der Waals surface area contributed by atoms with E-state index in [0.717, 1.165) is 12.3 Å². The second kappa shape index (κ2) is 8.53. The van der Waals surface area contributed by atoms with E-state index in [4.69, 9.17) is 5.73 Å². The lowest BCUT2D eigenvalue weighted by Gasteiger charge is -2.12. The Kier molecular flexibility index (Phi) is 6.16. The molecule has 0 aliphatic heterocycles. The number of nitrogens with zero attached hydrogens (tertiary/aromatic N) is 7. The molecule has 3 rings (SSSR count). The Morgan fingerprint density at radius 2 is 1.88 bits per heavy atom. The molecule has 2 N–H and O–H groups in total. The molecule has 0 aromatic carbocycles. The number of aromatic nitrogens is 7. The lowest BCUT2D eigenvalue weighted by molar-refractivity contribution is -0.141. The molecule has 0 spiro atoms. The fraction of sp³-hybridized carbons (Fsp3) is 0.278. The number of hydrogen-bond donors (Lipinski definition) is 1. The highest BCUT2D eigenvalue weighted by molar-refractivity contribution is 7.91. The average Bonchev–Trinajstić information content (AvgIpc) is 3.18. The molecule has 3 aromatic rings. The highest BCUT2D eigenvalue weighted by atomic mass is 32.2. The molecule has 32 heavy (non-hydrogen) atoms. The van der Waals surface area contributed by atoms with E-state index in [2.05, 4.69) is 25.0 Å². The minimum Gasteiger partial charge on any atom is -0.366 e. The van der Waals surface area contributed by atoms with Crippen molar-refractivity contribution in [3.05, 3.63) is 48.3 Å². The summed E-state index contributed by atoms with van der Waals surface area (Å²) in [5, 5.41) is 3.95. The minimum absolute atomic E-state index is 0.00409. The number of hydrogen-bond acceptors (Lipinski definition) is 8. The van der Waals surface area contributed by atoms with Gasteiger partial charge in [0, 0.05) is 25.1 Å². The molecule has 0 aliphatic carbocycles. The standard InChI is InChI=1S/C18H19F3N8O2S/c1-4-32(30,31)12-5-6-14(29-10-24-17(22)27-29)26-15(12)16-25-11(2)9-13(18(19,20)21)23-7-8-28(16)3/h5-10H,4H2,1-3H3,(H2,22,27). The number of nitrogens with two attached hydrogens (primary N) is 1. The Labute approximate surface area is 181 Å². The largest absolute Gasteiger partial charge is 0.433 e. The van der Waals surface area contributed by atoms with Crippen molar-refractivity contribution in [3.8, 4) is 17.3 Å². The number of pyridine rings is 1. The molecule has 0 bridgehead atoms. The van der Waals surface area contributed by atoms with Crippen molar-refractivity contribution in [2.75, 3.05) is 11.5 Å². The summed E-state index contributed by atoms with van der Waals surface area (Å²) in [7, 11) is -2.28. The van der Waals surface area contributed by atoms with E-state index in [1.807, 2.05) is 0 Å². The van der Waals surface area contributed by atoms with Gasteiger partial charge in [-0.25, -0.2) is 28.1 Å². The van der Waals surface area contributed by atoms with Gasteiger partial charge in [0.15, 0.2) is 21.5 Å². The van der Waals surface area contributed by atoms with Gasteiger partial charge in [0.2, 0.25) is 5.95 Å². The van der Waals surface area contributed by atoms with Crippen molar-refractivity contribution in [3.63, 3.8) is 0 Å². The molecular formula is C18H19F3N8O2S. The van der Waals surface area contributed by atoms with Gasteiger partial charge in [-0.3, -0.25) is 4.98 Å². The first-order valence-corrected chi connectivity index (χ1v) is 10.8. The van der Waals surface area contributed by atoms with Crippen LogP contribution in [-0.4, -0.2) is 48.5 Å². The number of rotatable bonds is 4. The number of sulfone groups is 1. The number of nitrogen functional groups attached to an aromatic ring is 1. The average molecular weight is 468 g/mol. The topological polar surface area (TPSA) is 134 Å². The second-order valence-corrected chi connectivity index (χ2v) is 8.86. The van der Waals surface area contributed by atoms with Crippen molar-refractivity contribution in [2.24, 2.45) is 7.05 Å². The molecular weight excluding hydrogens is 449 g/mol. The summed E-state index contributed by atoms with van der Waals surface area (Å²) in [6.45, 7) is 2.81. The minimum atomic E-state index is -4.69. The van der Waals surface area contributed by atoms with E-state index in [1.165, 1.54) is 54.8 Å². The van der Waals surface area contributed by atoms with Crippen LogP contribution in [-0.2, 0) is 23.1 Å². The highest BCUT2D eigenvalue weighted by Crippen LogP contribution is 2.28. The van der Waals surface area contributed by atoms with Crippen molar-refractivity contribution >= 4 is 15.8 Å². The molecule has 3 heterocycles. The van der Waals surface area contributed by atoms with Gasteiger partial charge in [-0.2, -0.15) is 13.2 Å². The van der Waals surface area contributed by atoms with Crippen molar-refractivity contribution in [1.82, 2.24) is 34.3 Å². The summed E-state index contributed by atoms with van der Waals surface area (Å²) < 4.78 is 67.6. The van der Waals surface area contributed by atoms with Gasteiger partial charge in [0.05, 0.1) is 10.6 Å². The maximum Gasteiger partial charge on any atom is 0.433 e. The van der Waals surface area contributed by atoms with Gasteiger partial charge in [-0.05, 0) is 25.1 Å². The molecule has 3 aromatic heterocycles. The van der Waals surface area contributed by atoms with E-state index in [0.29, 0.717) is 0 Å². The van der Waals surface area contributed by atoms with Gasteiger partial charge in [0.1, 0.15) is 17.7 Å². The van der Waals surface area contributed by atoms with Gasteiger partial charge in [-0.15, -0.1) is 5.10 Å². The van der Waals surface area contributed by atoms with Crippen LogP contribution >= 0.6 is 0 Å². The Morgan fingerprint density at radius 3 is 2.47 bits per heavy atom. The van der Waals surface area contributed by atoms with Crippen LogP contribution in [0.25, 0.3) is 17.3 Å². The molecule has 0 saturated carbocycles. The SMILES string of the molecule is CCS(=O)(=O)c1ccc(-n2cnc(N)n2)nc1-c1nc(C)cc(C(F)(F)F)nccn1C. The Hall–Kier alpha value is -3.55. The van der Waals surface area contributed by atoms with E-state index in [9.17, 15) is 21.6 Å². The molecule has 170 valence electrons. The van der Waals surface area contributed by atoms with Crippen LogP contribution in [0.1, 0.15) is 18.3 Å². The molecule has 0 fully saturated rings. The predicted molar refractivity (Wildman–Crippen MR) is 109 cm³/mol. The summed E-state index contributed by atoms with van der Waals surface area (Å²) in [4.78, 5) is 15.7. The quantitative estimate of drug-likeness (QED) is 0.616. The normalized spacial score (nSPS) is 11.9. The summed E-state index contributed by atoms with van der Waals surface area (Å²) in [6, 6.07) is 3.51. The lowest BCUT2D eigenvalue weighted by Crippen LogP contribution is -2.11. The van der Waals surface area contributed by atoms with Crippen LogP contribution in [0.3, 0.4) is 0 Å². The lowest BCUT2D eigenvalue weighted by atomic mass is 10.3. The Bertz CT molecular complexity index is 1310. The van der Waals surface area contributed by atoms with E-state index >= 15 is 0 Å². The van der Waals surface area contributed by atoms with Crippen LogP contribution < -0.4 is 5.73 Å². The number of aryl methyl sites for hydroxylation is 2. The smallest absolute Gasteiger partial charge is 0.366 e. The first-order valence-electron chi connectivity index (χ1n) is 9.15. The first-order chi connectivity index (χ1) is 14.9. The number of alkyl halides is 3. The zero-order valence-electron chi connectivity index (χ0n) is 17.2. The zero-order valence-corrected chi connectivity index (χ0v) is 18.1. The Morgan fingerprint density at radius 1 is 1.16 bits per heavy atom. The number of anilines is 1.